The van der Waals surface area contributed by atoms with E-state index in [9.17, 15) is 8.78 Å². The van der Waals surface area contributed by atoms with Gasteiger partial charge in [0.2, 0.25) is 6.36 Å². The molecule has 0 aromatic heterocycles. The van der Waals surface area contributed by atoms with Gasteiger partial charge in [0.15, 0.2) is 6.67 Å². The fourth-order valence-electron chi connectivity index (χ4n) is 0. The fourth-order valence-corrected chi connectivity index (χ4v) is 0. The van der Waals surface area contributed by atoms with Gasteiger partial charge in [-0.3, -0.25) is 0 Å². The molecule has 1 unspecified atom stereocenters. The minimum Gasteiger partial charge on any atom is -0.362 e. The summed E-state index contributed by atoms with van der Waals surface area (Å²) in [6.45, 7) is -0.444. The normalized spacial score (nSPS) is 15.0. The molecule has 0 spiro atoms. The van der Waals surface area contributed by atoms with Crippen LogP contribution in [-0.2, 0) is 0 Å². The zero-order valence-electron chi connectivity index (χ0n) is 2.36. The molecule has 0 heterocycles. The van der Waals surface area contributed by atoms with Gasteiger partial charge in [-0.05, 0) is 0 Å². The van der Waals surface area contributed by atoms with Gasteiger partial charge in [-0.1, -0.05) is 0 Å². The van der Waals surface area contributed by atoms with Gasteiger partial charge in [0.25, 0.3) is 0 Å². The molecule has 0 aliphatic rings. The summed E-state index contributed by atoms with van der Waals surface area (Å²) >= 11 is 0. The summed E-state index contributed by atoms with van der Waals surface area (Å²) in [7, 11) is 0. The van der Waals surface area contributed by atoms with Crippen LogP contribution in [0, 0.1) is 6.67 Å². The lowest BCUT2D eigenvalue weighted by molar-refractivity contribution is 0.0505. The first-order valence-electron chi connectivity index (χ1n) is 1.03. The summed E-state index contributed by atoms with van der Waals surface area (Å²) in [6.07, 6.45) is -2.41. The van der Waals surface area contributed by atoms with Crippen molar-refractivity contribution in [3.05, 3.63) is 6.67 Å². The fraction of sp³-hybridized carbons (Fsp3) is 0.500. The molecule has 0 fully saturated rings. The van der Waals surface area contributed by atoms with Crippen molar-refractivity contribution in [2.24, 2.45) is 0 Å². The van der Waals surface area contributed by atoms with Gasteiger partial charge >= 0.3 is 0 Å². The van der Waals surface area contributed by atoms with Crippen molar-refractivity contribution < 1.29 is 13.9 Å². The topological polar surface area (TPSA) is 20.2 Å². The number of aliphatic hydroxyl groups excluding tert-OH is 1. The number of rotatable bonds is 1. The molecular weight excluding hydrogens is 78.0 g/mol. The number of alkyl halides is 1. The van der Waals surface area contributed by atoms with Crippen LogP contribution in [0.3, 0.4) is 0 Å². The largest absolute Gasteiger partial charge is 0.362 e. The molecule has 0 aromatic carbocycles. The summed E-state index contributed by atoms with van der Waals surface area (Å²) in [5.41, 5.74) is 0. The molecule has 0 saturated carbocycles. The van der Waals surface area contributed by atoms with Crippen LogP contribution in [0.15, 0.2) is 0 Å². The van der Waals surface area contributed by atoms with Crippen LogP contribution in [0.25, 0.3) is 0 Å². The van der Waals surface area contributed by atoms with Gasteiger partial charge in [-0.15, -0.1) is 0 Å². The summed E-state index contributed by atoms with van der Waals surface area (Å²) in [6, 6.07) is 0. The van der Waals surface area contributed by atoms with Gasteiger partial charge in [-0.25, -0.2) is 8.78 Å². The third kappa shape index (κ3) is 3.82. The van der Waals surface area contributed by atoms with Crippen LogP contribution in [-0.4, -0.2) is 11.5 Å². The monoisotopic (exact) mass is 81.0 g/mol. The maximum absolute atomic E-state index is 10.6. The van der Waals surface area contributed by atoms with Crippen LogP contribution in [0.1, 0.15) is 0 Å². The highest BCUT2D eigenvalue weighted by atomic mass is 19.2. The molecule has 1 radical (unpaired) electrons. The first kappa shape index (κ1) is 4.82. The lowest BCUT2D eigenvalue weighted by atomic mass is 10.8. The Balaban J connectivity index is 2.54. The molecule has 0 saturated heterocycles. The number of halogens is 2. The third-order valence-corrected chi connectivity index (χ3v) is 0.104. The van der Waals surface area contributed by atoms with Gasteiger partial charge < -0.3 is 5.11 Å². The van der Waals surface area contributed by atoms with Crippen molar-refractivity contribution in [3.8, 4) is 0 Å². The molecule has 1 N–H and O–H groups in total. The summed E-state index contributed by atoms with van der Waals surface area (Å²) in [5.74, 6) is 0. The SMILES string of the molecule is OC(F)[CH]F. The van der Waals surface area contributed by atoms with Crippen molar-refractivity contribution in [3.63, 3.8) is 0 Å². The Labute approximate surface area is 28.2 Å². The molecule has 5 heavy (non-hydrogen) atoms. The standard InChI is InChI=1S/C2H3F2O/c3-1-2(4)5/h1-2,5H. The second-order valence-electron chi connectivity index (χ2n) is 0.499. The van der Waals surface area contributed by atoms with Gasteiger partial charge in [0, 0.05) is 0 Å². The van der Waals surface area contributed by atoms with E-state index >= 15 is 0 Å². The predicted octanol–water partition coefficient (Wildman–Crippen LogP) is 0.406. The molecule has 1 atom stereocenters. The van der Waals surface area contributed by atoms with E-state index in [1.165, 1.54) is 0 Å². The van der Waals surface area contributed by atoms with E-state index in [1.807, 2.05) is 0 Å². The quantitative estimate of drug-likeness (QED) is 0.484. The minimum absolute atomic E-state index is 0.444. The van der Waals surface area contributed by atoms with Crippen molar-refractivity contribution in [2.75, 3.05) is 0 Å². The Morgan fingerprint density at radius 2 is 2.00 bits per heavy atom. The first-order valence-corrected chi connectivity index (χ1v) is 1.03. The molecule has 0 aliphatic heterocycles. The molecule has 0 aliphatic carbocycles. The van der Waals surface area contributed by atoms with E-state index in [0.29, 0.717) is 0 Å². The highest BCUT2D eigenvalue weighted by Crippen LogP contribution is 1.87. The molecular formula is C2H3F2O. The van der Waals surface area contributed by atoms with E-state index in [1.54, 1.807) is 0 Å². The van der Waals surface area contributed by atoms with E-state index in [2.05, 4.69) is 0 Å². The van der Waals surface area contributed by atoms with Crippen LogP contribution in [0.5, 0.6) is 0 Å². The summed E-state index contributed by atoms with van der Waals surface area (Å²) < 4.78 is 20.9. The predicted molar refractivity (Wildman–Crippen MR) is 12.5 cm³/mol. The zero-order valence-corrected chi connectivity index (χ0v) is 2.36. The molecule has 3 heteroatoms. The van der Waals surface area contributed by atoms with Crippen molar-refractivity contribution >= 4 is 0 Å². The molecule has 0 rings (SSSR count). The number of aliphatic hydroxyl groups is 1. The molecule has 0 bridgehead atoms. The second kappa shape index (κ2) is 2.08. The zero-order chi connectivity index (χ0) is 4.28. The maximum Gasteiger partial charge on any atom is 0.231 e. The summed E-state index contributed by atoms with van der Waals surface area (Å²) in [4.78, 5) is 0. The minimum atomic E-state index is -2.41. The van der Waals surface area contributed by atoms with Crippen LogP contribution in [0.4, 0.5) is 8.78 Å². The highest BCUT2D eigenvalue weighted by molar-refractivity contribution is 4.43. The van der Waals surface area contributed by atoms with E-state index < -0.39 is 13.0 Å². The Morgan fingerprint density at radius 3 is 2.00 bits per heavy atom. The lowest BCUT2D eigenvalue weighted by Gasteiger charge is -1.81. The van der Waals surface area contributed by atoms with Crippen LogP contribution in [0.2, 0.25) is 0 Å². The van der Waals surface area contributed by atoms with Gasteiger partial charge in [-0.2, -0.15) is 0 Å². The average Bonchev–Trinajstić information content (AvgIpc) is 1.38. The maximum atomic E-state index is 10.6. The highest BCUT2D eigenvalue weighted by Gasteiger charge is 1.93. The smallest absolute Gasteiger partial charge is 0.231 e. The molecule has 1 nitrogen and oxygen atoms in total. The Bertz CT molecular complexity index is 21.6. The van der Waals surface area contributed by atoms with Crippen molar-refractivity contribution in [1.82, 2.24) is 0 Å². The second-order valence-corrected chi connectivity index (χ2v) is 0.499. The molecule has 31 valence electrons. The molecule has 0 aromatic rings. The molecule has 0 amide bonds. The Morgan fingerprint density at radius 1 is 1.80 bits per heavy atom. The Hall–Kier alpha value is -0.180. The van der Waals surface area contributed by atoms with Crippen molar-refractivity contribution in [2.45, 2.75) is 6.36 Å². The van der Waals surface area contributed by atoms with E-state index in [4.69, 9.17) is 5.11 Å². The lowest BCUT2D eigenvalue weighted by Crippen LogP contribution is -1.90. The number of hydrogen-bond donors (Lipinski definition) is 1. The van der Waals surface area contributed by atoms with Crippen LogP contribution >= 0.6 is 0 Å². The third-order valence-electron chi connectivity index (χ3n) is 0.104. The summed E-state index contributed by atoms with van der Waals surface area (Å²) in [5, 5.41) is 7.26. The van der Waals surface area contributed by atoms with Gasteiger partial charge in [0.05, 0.1) is 0 Å². The Kier molecular flexibility index (Phi) is 2.01. The van der Waals surface area contributed by atoms with E-state index in [-0.39, 0.29) is 0 Å². The average molecular weight is 81.0 g/mol. The van der Waals surface area contributed by atoms with Crippen LogP contribution < -0.4 is 0 Å². The van der Waals surface area contributed by atoms with Crippen molar-refractivity contribution in [1.29, 1.82) is 0 Å². The first-order chi connectivity index (χ1) is 2.27. The van der Waals surface area contributed by atoms with Gasteiger partial charge in [0.1, 0.15) is 0 Å². The number of hydrogen-bond acceptors (Lipinski definition) is 1. The van der Waals surface area contributed by atoms with E-state index in [0.717, 1.165) is 0 Å².